The van der Waals surface area contributed by atoms with Gasteiger partial charge in [-0.15, -0.1) is 0 Å². The van der Waals surface area contributed by atoms with Gasteiger partial charge in [0.25, 0.3) is 0 Å². The van der Waals surface area contributed by atoms with Gasteiger partial charge in [-0.3, -0.25) is 0 Å². The Hall–Kier alpha value is -1.64. The Bertz CT molecular complexity index is 555. The molecule has 0 bridgehead atoms. The highest BCUT2D eigenvalue weighted by Crippen LogP contribution is 2.08. The van der Waals surface area contributed by atoms with E-state index in [1.165, 1.54) is 12.1 Å². The molecule has 21 heavy (non-hydrogen) atoms. The van der Waals surface area contributed by atoms with Gasteiger partial charge in [0.05, 0.1) is 4.90 Å². The Morgan fingerprint density at radius 3 is 2.24 bits per heavy atom. The number of carbonyl (C=O) groups is 1. The molecule has 0 aliphatic carbocycles. The Balaban J connectivity index is 2.31. The van der Waals surface area contributed by atoms with Crippen LogP contribution in [0.3, 0.4) is 0 Å². The monoisotopic (exact) mass is 314 g/mol. The van der Waals surface area contributed by atoms with Gasteiger partial charge in [0.2, 0.25) is 10.0 Å². The molecule has 0 spiro atoms. The third kappa shape index (κ3) is 7.07. The van der Waals surface area contributed by atoms with E-state index in [1.807, 2.05) is 19.0 Å². The van der Waals surface area contributed by atoms with Gasteiger partial charge in [0.15, 0.2) is 0 Å². The summed E-state index contributed by atoms with van der Waals surface area (Å²) < 4.78 is 22.2. The fourth-order valence-electron chi connectivity index (χ4n) is 1.62. The van der Waals surface area contributed by atoms with Gasteiger partial charge in [-0.2, -0.15) is 0 Å². The lowest BCUT2D eigenvalue weighted by atomic mass is 10.1. The number of primary sulfonamides is 1. The molecule has 1 aromatic carbocycles. The predicted molar refractivity (Wildman–Crippen MR) is 81.5 cm³/mol. The lowest BCUT2D eigenvalue weighted by Crippen LogP contribution is -2.39. The van der Waals surface area contributed by atoms with Crippen LogP contribution in [0, 0.1) is 0 Å². The minimum Gasteiger partial charge on any atom is -0.338 e. The molecular formula is C13H22N4O3S. The van der Waals surface area contributed by atoms with Crippen LogP contribution in [0.15, 0.2) is 29.2 Å². The number of hydrogen-bond donors (Lipinski definition) is 3. The molecule has 8 heteroatoms. The van der Waals surface area contributed by atoms with Gasteiger partial charge in [-0.1, -0.05) is 12.1 Å². The maximum Gasteiger partial charge on any atom is 0.314 e. The molecule has 7 nitrogen and oxygen atoms in total. The zero-order valence-electron chi connectivity index (χ0n) is 12.3. The summed E-state index contributed by atoms with van der Waals surface area (Å²) in [7, 11) is 0.216. The third-order valence-corrected chi connectivity index (χ3v) is 3.72. The number of rotatable bonds is 7. The van der Waals surface area contributed by atoms with Crippen LogP contribution in [0.1, 0.15) is 5.56 Å². The second-order valence-corrected chi connectivity index (χ2v) is 6.49. The summed E-state index contributed by atoms with van der Waals surface area (Å²) in [6.07, 6.45) is 0.617. The van der Waals surface area contributed by atoms with Crippen molar-refractivity contribution in [2.45, 2.75) is 11.3 Å². The van der Waals surface area contributed by atoms with Gasteiger partial charge in [0.1, 0.15) is 0 Å². The Morgan fingerprint density at radius 1 is 1.14 bits per heavy atom. The van der Waals surface area contributed by atoms with E-state index in [0.717, 1.165) is 12.1 Å². The number of nitrogens with two attached hydrogens (primary N) is 1. The molecule has 4 N–H and O–H groups in total. The molecule has 1 rings (SSSR count). The van der Waals surface area contributed by atoms with E-state index < -0.39 is 10.0 Å². The number of nitrogens with zero attached hydrogens (tertiary/aromatic N) is 1. The van der Waals surface area contributed by atoms with E-state index in [0.29, 0.717) is 19.5 Å². The molecule has 118 valence electrons. The molecule has 0 unspecified atom stereocenters. The Labute approximate surface area is 125 Å². The lowest BCUT2D eigenvalue weighted by molar-refractivity contribution is 0.239. The van der Waals surface area contributed by atoms with Crippen molar-refractivity contribution < 1.29 is 13.2 Å². The standard InChI is InChI=1S/C13H22N4O3S/c1-17(2)10-9-16-13(18)15-8-7-11-3-5-12(6-4-11)21(14,19)20/h3-6H,7-10H2,1-2H3,(H2,14,19,20)(H2,15,16,18). The topological polar surface area (TPSA) is 105 Å². The van der Waals surface area contributed by atoms with Crippen LogP contribution >= 0.6 is 0 Å². The molecule has 0 aliphatic heterocycles. The maximum atomic E-state index is 11.5. The number of benzene rings is 1. The molecule has 0 atom stereocenters. The molecule has 0 fully saturated rings. The first kappa shape index (κ1) is 17.4. The zero-order valence-corrected chi connectivity index (χ0v) is 13.1. The summed E-state index contributed by atoms with van der Waals surface area (Å²) in [4.78, 5) is 13.5. The number of urea groups is 1. The van der Waals surface area contributed by atoms with Crippen molar-refractivity contribution in [2.75, 3.05) is 33.7 Å². The fraction of sp³-hybridized carbons (Fsp3) is 0.462. The van der Waals surface area contributed by atoms with Crippen molar-refractivity contribution in [1.82, 2.24) is 15.5 Å². The number of amides is 2. The molecule has 0 saturated heterocycles. The summed E-state index contributed by atoms with van der Waals surface area (Å²) in [6.45, 7) is 1.84. The van der Waals surface area contributed by atoms with Crippen molar-refractivity contribution in [2.24, 2.45) is 5.14 Å². The minimum absolute atomic E-state index is 0.0839. The van der Waals surface area contributed by atoms with Crippen LogP contribution < -0.4 is 15.8 Å². The molecular weight excluding hydrogens is 292 g/mol. The molecule has 0 heterocycles. The number of likely N-dealkylation sites (N-methyl/N-ethyl adjacent to an activating group) is 1. The van der Waals surface area contributed by atoms with Crippen molar-refractivity contribution in [3.05, 3.63) is 29.8 Å². The van der Waals surface area contributed by atoms with Crippen LogP contribution in [0.2, 0.25) is 0 Å². The van der Waals surface area contributed by atoms with E-state index in [-0.39, 0.29) is 10.9 Å². The number of carbonyl (C=O) groups excluding carboxylic acids is 1. The van der Waals surface area contributed by atoms with Crippen LogP contribution in [-0.4, -0.2) is 53.1 Å². The highest BCUT2D eigenvalue weighted by Gasteiger charge is 2.06. The quantitative estimate of drug-likeness (QED) is 0.645. The molecule has 2 amide bonds. The highest BCUT2D eigenvalue weighted by atomic mass is 32.2. The van der Waals surface area contributed by atoms with Crippen LogP contribution in [-0.2, 0) is 16.4 Å². The number of hydrogen-bond acceptors (Lipinski definition) is 4. The van der Waals surface area contributed by atoms with Crippen molar-refractivity contribution in [3.8, 4) is 0 Å². The predicted octanol–water partition coefficient (Wildman–Crippen LogP) is -0.263. The first-order chi connectivity index (χ1) is 9.79. The van der Waals surface area contributed by atoms with Gasteiger partial charge in [0, 0.05) is 19.6 Å². The average molecular weight is 314 g/mol. The van der Waals surface area contributed by atoms with E-state index in [2.05, 4.69) is 10.6 Å². The molecule has 0 aromatic heterocycles. The van der Waals surface area contributed by atoms with Crippen molar-refractivity contribution in [1.29, 1.82) is 0 Å². The summed E-state index contributed by atoms with van der Waals surface area (Å²) in [6, 6.07) is 6.08. The van der Waals surface area contributed by atoms with E-state index in [1.54, 1.807) is 12.1 Å². The largest absolute Gasteiger partial charge is 0.338 e. The van der Waals surface area contributed by atoms with E-state index in [9.17, 15) is 13.2 Å². The average Bonchev–Trinajstić information content (AvgIpc) is 2.38. The first-order valence-corrected chi connectivity index (χ1v) is 8.12. The Morgan fingerprint density at radius 2 is 1.71 bits per heavy atom. The summed E-state index contributed by atoms with van der Waals surface area (Å²) in [5, 5.41) is 10.5. The molecule has 0 saturated carbocycles. The number of nitrogens with one attached hydrogen (secondary N) is 2. The van der Waals surface area contributed by atoms with E-state index in [4.69, 9.17) is 5.14 Å². The minimum atomic E-state index is -3.65. The van der Waals surface area contributed by atoms with Crippen LogP contribution in [0.25, 0.3) is 0 Å². The second-order valence-electron chi connectivity index (χ2n) is 4.92. The third-order valence-electron chi connectivity index (χ3n) is 2.80. The Kier molecular flexibility index (Phi) is 6.60. The van der Waals surface area contributed by atoms with Gasteiger partial charge in [-0.05, 0) is 38.2 Å². The second kappa shape index (κ2) is 7.96. The van der Waals surface area contributed by atoms with Gasteiger partial charge < -0.3 is 15.5 Å². The van der Waals surface area contributed by atoms with Crippen molar-refractivity contribution in [3.63, 3.8) is 0 Å². The van der Waals surface area contributed by atoms with Gasteiger partial charge in [-0.25, -0.2) is 18.4 Å². The first-order valence-electron chi connectivity index (χ1n) is 6.57. The van der Waals surface area contributed by atoms with Gasteiger partial charge >= 0.3 is 6.03 Å². The SMILES string of the molecule is CN(C)CCNC(=O)NCCc1ccc(S(N)(=O)=O)cc1. The highest BCUT2D eigenvalue weighted by molar-refractivity contribution is 7.89. The molecule has 0 aliphatic rings. The smallest absolute Gasteiger partial charge is 0.314 e. The van der Waals surface area contributed by atoms with Crippen molar-refractivity contribution >= 4 is 16.1 Å². The normalized spacial score (nSPS) is 11.4. The fourth-order valence-corrected chi connectivity index (χ4v) is 2.14. The number of sulfonamides is 1. The summed E-state index contributed by atoms with van der Waals surface area (Å²) in [5.74, 6) is 0. The molecule has 1 aromatic rings. The zero-order chi connectivity index (χ0) is 15.9. The lowest BCUT2D eigenvalue weighted by Gasteiger charge is -2.11. The van der Waals surface area contributed by atoms with Crippen LogP contribution in [0.4, 0.5) is 4.79 Å². The molecule has 0 radical (unpaired) electrons. The summed E-state index contributed by atoms with van der Waals surface area (Å²) in [5.41, 5.74) is 0.927. The van der Waals surface area contributed by atoms with Crippen LogP contribution in [0.5, 0.6) is 0 Å². The van der Waals surface area contributed by atoms with E-state index >= 15 is 0 Å². The maximum absolute atomic E-state index is 11.5. The summed E-state index contributed by atoms with van der Waals surface area (Å²) >= 11 is 0.